The summed E-state index contributed by atoms with van der Waals surface area (Å²) in [6.07, 6.45) is 0.151. The number of H-pyrrole nitrogens is 1. The molecule has 144 valence electrons. The molecule has 0 spiro atoms. The Kier molecular flexibility index (Phi) is 5.96. The monoisotopic (exact) mass is 399 g/mol. The zero-order valence-electron chi connectivity index (χ0n) is 14.7. The largest absolute Gasteiger partial charge is 0.480 e. The number of carboxylic acids is 1. The van der Waals surface area contributed by atoms with Crippen molar-refractivity contribution in [3.63, 3.8) is 0 Å². The van der Waals surface area contributed by atoms with Crippen LogP contribution >= 0.6 is 11.6 Å². The van der Waals surface area contributed by atoms with E-state index < -0.39 is 23.8 Å². The van der Waals surface area contributed by atoms with Crippen molar-refractivity contribution in [1.29, 1.82) is 0 Å². The molecule has 0 radical (unpaired) electrons. The number of carbonyl (C=O) groups excluding carboxylic acids is 2. The Morgan fingerprint density at radius 3 is 2.54 bits per heavy atom. The predicted octanol–water partition coefficient (Wildman–Crippen LogP) is 2.36. The van der Waals surface area contributed by atoms with E-state index in [0.29, 0.717) is 5.02 Å². The van der Waals surface area contributed by atoms with Gasteiger partial charge in [0.25, 0.3) is 5.91 Å². The third-order valence-electron chi connectivity index (χ3n) is 4.15. The first kappa shape index (κ1) is 19.4. The molecule has 28 heavy (non-hydrogen) atoms. The van der Waals surface area contributed by atoms with Crippen LogP contribution in [0.15, 0.2) is 54.6 Å². The van der Waals surface area contributed by atoms with Gasteiger partial charge in [-0.1, -0.05) is 41.9 Å². The maximum absolute atomic E-state index is 12.2. The first-order valence-corrected chi connectivity index (χ1v) is 8.93. The molecule has 0 bridgehead atoms. The minimum absolute atomic E-state index is 0.151. The summed E-state index contributed by atoms with van der Waals surface area (Å²) in [4.78, 5) is 38.7. The summed E-state index contributed by atoms with van der Waals surface area (Å²) in [5.41, 5.74) is 1.81. The molecule has 0 saturated carbocycles. The Morgan fingerprint density at radius 2 is 1.82 bits per heavy atom. The third-order valence-corrected chi connectivity index (χ3v) is 4.39. The van der Waals surface area contributed by atoms with Crippen molar-refractivity contribution in [2.45, 2.75) is 12.5 Å². The van der Waals surface area contributed by atoms with Crippen molar-refractivity contribution in [3.8, 4) is 0 Å². The average molecular weight is 400 g/mol. The number of carbonyl (C=O) groups is 3. The summed E-state index contributed by atoms with van der Waals surface area (Å²) in [5.74, 6) is -2.20. The summed E-state index contributed by atoms with van der Waals surface area (Å²) < 4.78 is 0. The number of aromatic amines is 1. The summed E-state index contributed by atoms with van der Waals surface area (Å²) in [7, 11) is 0. The molecule has 0 saturated heterocycles. The van der Waals surface area contributed by atoms with Gasteiger partial charge in [-0.05, 0) is 29.8 Å². The van der Waals surface area contributed by atoms with E-state index in [1.165, 1.54) is 0 Å². The Morgan fingerprint density at radius 1 is 1.07 bits per heavy atom. The number of benzene rings is 2. The van der Waals surface area contributed by atoms with Crippen LogP contribution in [0.25, 0.3) is 10.9 Å². The van der Waals surface area contributed by atoms with Crippen LogP contribution in [0.5, 0.6) is 0 Å². The van der Waals surface area contributed by atoms with Crippen LogP contribution in [0.1, 0.15) is 16.1 Å². The molecule has 0 aliphatic heterocycles. The van der Waals surface area contributed by atoms with Crippen LogP contribution in [0.2, 0.25) is 5.02 Å². The second-order valence-electron chi connectivity index (χ2n) is 6.25. The number of fused-ring (bicyclic) bond motifs is 1. The molecule has 1 heterocycles. The van der Waals surface area contributed by atoms with Crippen LogP contribution in [0.4, 0.5) is 0 Å². The number of aromatic nitrogens is 1. The highest BCUT2D eigenvalue weighted by Crippen LogP contribution is 2.19. The van der Waals surface area contributed by atoms with Crippen molar-refractivity contribution in [1.82, 2.24) is 15.6 Å². The molecule has 0 fully saturated rings. The fourth-order valence-corrected chi connectivity index (χ4v) is 2.96. The number of halogens is 1. The first-order valence-electron chi connectivity index (χ1n) is 8.55. The molecule has 0 unspecified atom stereocenters. The van der Waals surface area contributed by atoms with Crippen molar-refractivity contribution < 1.29 is 19.5 Å². The van der Waals surface area contributed by atoms with Crippen LogP contribution in [0, 0.1) is 0 Å². The summed E-state index contributed by atoms with van der Waals surface area (Å²) in [6, 6.07) is 14.7. The van der Waals surface area contributed by atoms with Gasteiger partial charge in [0.15, 0.2) is 0 Å². The molecule has 7 nitrogen and oxygen atoms in total. The van der Waals surface area contributed by atoms with Gasteiger partial charge in [0.05, 0.1) is 6.54 Å². The predicted molar refractivity (Wildman–Crippen MR) is 105 cm³/mol. The van der Waals surface area contributed by atoms with E-state index in [4.69, 9.17) is 11.6 Å². The summed E-state index contributed by atoms with van der Waals surface area (Å²) in [5, 5.41) is 15.5. The zero-order chi connectivity index (χ0) is 20.1. The van der Waals surface area contributed by atoms with Crippen LogP contribution < -0.4 is 10.6 Å². The summed E-state index contributed by atoms with van der Waals surface area (Å²) in [6.45, 7) is -0.340. The van der Waals surface area contributed by atoms with Gasteiger partial charge in [-0.25, -0.2) is 4.79 Å². The van der Waals surface area contributed by atoms with Crippen molar-refractivity contribution in [2.24, 2.45) is 0 Å². The molecule has 0 aliphatic rings. The quantitative estimate of drug-likeness (QED) is 0.488. The van der Waals surface area contributed by atoms with Gasteiger partial charge in [-0.3, -0.25) is 9.59 Å². The average Bonchev–Trinajstić information content (AvgIpc) is 3.09. The number of nitrogens with one attached hydrogen (secondary N) is 3. The highest BCUT2D eigenvalue weighted by Gasteiger charge is 2.21. The van der Waals surface area contributed by atoms with Gasteiger partial charge in [0.2, 0.25) is 5.91 Å². The lowest BCUT2D eigenvalue weighted by atomic mass is 10.1. The molecule has 3 aromatic rings. The molecule has 3 rings (SSSR count). The minimum Gasteiger partial charge on any atom is -0.480 e. The molecular weight excluding hydrogens is 382 g/mol. The van der Waals surface area contributed by atoms with E-state index in [-0.39, 0.29) is 18.7 Å². The normalized spacial score (nSPS) is 11.8. The lowest BCUT2D eigenvalue weighted by molar-refractivity contribution is -0.141. The maximum atomic E-state index is 12.2. The summed E-state index contributed by atoms with van der Waals surface area (Å²) >= 11 is 5.93. The van der Waals surface area contributed by atoms with Crippen molar-refractivity contribution in [2.75, 3.05) is 6.54 Å². The fraction of sp³-hybridized carbons (Fsp3) is 0.150. The minimum atomic E-state index is -1.14. The number of hydrogen-bond acceptors (Lipinski definition) is 3. The lowest BCUT2D eigenvalue weighted by Gasteiger charge is -2.15. The van der Waals surface area contributed by atoms with Gasteiger partial charge in [0.1, 0.15) is 11.7 Å². The van der Waals surface area contributed by atoms with Crippen molar-refractivity contribution >= 4 is 40.3 Å². The molecule has 1 aromatic heterocycles. The molecule has 4 N–H and O–H groups in total. The van der Waals surface area contributed by atoms with Crippen LogP contribution in [-0.2, 0) is 16.0 Å². The number of hydrogen-bond donors (Lipinski definition) is 4. The molecule has 0 aliphatic carbocycles. The van der Waals surface area contributed by atoms with Gasteiger partial charge < -0.3 is 20.7 Å². The van der Waals surface area contributed by atoms with E-state index in [1.807, 2.05) is 6.07 Å². The Bertz CT molecular complexity index is 1020. The molecule has 2 amide bonds. The van der Waals surface area contributed by atoms with Gasteiger partial charge in [-0.15, -0.1) is 0 Å². The highest BCUT2D eigenvalue weighted by atomic mass is 35.5. The first-order chi connectivity index (χ1) is 13.4. The zero-order valence-corrected chi connectivity index (χ0v) is 15.5. The van der Waals surface area contributed by atoms with E-state index in [1.54, 1.807) is 48.5 Å². The molecular formula is C20H18ClN3O4. The molecule has 2 aromatic carbocycles. The van der Waals surface area contributed by atoms with Crippen molar-refractivity contribution in [3.05, 3.63) is 70.9 Å². The third kappa shape index (κ3) is 4.89. The topological polar surface area (TPSA) is 111 Å². The Labute approximate surface area is 165 Å². The number of rotatable bonds is 7. The molecule has 8 heteroatoms. The second kappa shape index (κ2) is 8.58. The second-order valence-corrected chi connectivity index (χ2v) is 6.68. The Balaban J connectivity index is 1.57. The van der Waals surface area contributed by atoms with Crippen LogP contribution in [0.3, 0.4) is 0 Å². The lowest BCUT2D eigenvalue weighted by Crippen LogP contribution is -2.46. The van der Waals surface area contributed by atoms with E-state index in [2.05, 4.69) is 15.6 Å². The van der Waals surface area contributed by atoms with Gasteiger partial charge in [0, 0.05) is 22.3 Å². The number of amides is 2. The SMILES string of the molecule is O=C(CNC(=O)c1cc2cc(Cl)ccc2[nH]1)N[C@H](Cc1ccccc1)C(=O)O. The number of carboxylic acid groups (broad SMARTS) is 1. The van der Waals surface area contributed by atoms with E-state index >= 15 is 0 Å². The molecule has 1 atom stereocenters. The van der Waals surface area contributed by atoms with Gasteiger partial charge >= 0.3 is 5.97 Å². The highest BCUT2D eigenvalue weighted by molar-refractivity contribution is 6.31. The smallest absolute Gasteiger partial charge is 0.326 e. The fourth-order valence-electron chi connectivity index (χ4n) is 2.78. The van der Waals surface area contributed by atoms with E-state index in [9.17, 15) is 19.5 Å². The maximum Gasteiger partial charge on any atom is 0.326 e. The Hall–Kier alpha value is -3.32. The number of aliphatic carboxylic acids is 1. The van der Waals surface area contributed by atoms with E-state index in [0.717, 1.165) is 16.5 Å². The van der Waals surface area contributed by atoms with Crippen LogP contribution in [-0.4, -0.2) is 40.5 Å². The standard InChI is InChI=1S/C20H18ClN3O4/c21-14-6-7-15-13(9-14)10-16(23-15)19(26)22-11-18(25)24-17(20(27)28)8-12-4-2-1-3-5-12/h1-7,9-10,17,23H,8,11H2,(H,22,26)(H,24,25)(H,27,28)/t17-/m1/s1. The van der Waals surface area contributed by atoms with Gasteiger partial charge in [-0.2, -0.15) is 0 Å².